The van der Waals surface area contributed by atoms with Gasteiger partial charge >= 0.3 is 0 Å². The minimum atomic E-state index is -0.211. The number of aromatic nitrogens is 3. The van der Waals surface area contributed by atoms with Crippen LogP contribution in [0.1, 0.15) is 36.2 Å². The predicted molar refractivity (Wildman–Crippen MR) is 87.7 cm³/mol. The largest absolute Gasteiger partial charge is 0.350 e. The Kier molecular flexibility index (Phi) is 4.59. The molecule has 0 fully saturated rings. The molecule has 1 aromatic heterocycles. The first-order valence-electron chi connectivity index (χ1n) is 8.01. The summed E-state index contributed by atoms with van der Waals surface area (Å²) in [6, 6.07) is 7.81. The second kappa shape index (κ2) is 6.82. The molecule has 0 aliphatic carbocycles. The lowest BCUT2D eigenvalue weighted by molar-refractivity contribution is -0.133. The maximum absolute atomic E-state index is 12.4. The van der Waals surface area contributed by atoms with Crippen LogP contribution < -0.4 is 5.32 Å². The summed E-state index contributed by atoms with van der Waals surface area (Å²) in [6.45, 7) is 2.58. The van der Waals surface area contributed by atoms with Gasteiger partial charge in [0, 0.05) is 20.5 Å². The van der Waals surface area contributed by atoms with Gasteiger partial charge in [0.25, 0.3) is 0 Å². The first-order chi connectivity index (χ1) is 11.6. The molecule has 2 heterocycles. The van der Waals surface area contributed by atoms with E-state index in [1.54, 1.807) is 29.7 Å². The Morgan fingerprint density at radius 3 is 2.83 bits per heavy atom. The highest BCUT2D eigenvalue weighted by Crippen LogP contribution is 2.32. The highest BCUT2D eigenvalue weighted by molar-refractivity contribution is 5.79. The molecule has 0 bridgehead atoms. The molecule has 3 rings (SSSR count). The Labute approximate surface area is 140 Å². The van der Waals surface area contributed by atoms with Crippen LogP contribution in [0.25, 0.3) is 0 Å². The van der Waals surface area contributed by atoms with Crippen molar-refractivity contribution in [2.45, 2.75) is 32.4 Å². The molecular formula is C17H21N5O2. The fraction of sp³-hybridized carbons (Fsp3) is 0.412. The minimum absolute atomic E-state index is 0.00172. The third kappa shape index (κ3) is 3.29. The number of rotatable bonds is 4. The van der Waals surface area contributed by atoms with Crippen LogP contribution in [0, 0.1) is 0 Å². The van der Waals surface area contributed by atoms with E-state index >= 15 is 0 Å². The van der Waals surface area contributed by atoms with Gasteiger partial charge in [-0.3, -0.25) is 14.3 Å². The summed E-state index contributed by atoms with van der Waals surface area (Å²) in [7, 11) is 1.78. The van der Waals surface area contributed by atoms with Crippen molar-refractivity contribution in [3.05, 3.63) is 47.3 Å². The van der Waals surface area contributed by atoms with Crippen molar-refractivity contribution in [3.8, 4) is 0 Å². The van der Waals surface area contributed by atoms with E-state index in [0.717, 1.165) is 17.7 Å². The van der Waals surface area contributed by atoms with E-state index in [-0.39, 0.29) is 24.3 Å². The second-order valence-corrected chi connectivity index (χ2v) is 6.01. The van der Waals surface area contributed by atoms with Gasteiger partial charge in [-0.25, -0.2) is 0 Å². The number of nitrogens with one attached hydrogen (secondary N) is 1. The average Bonchev–Trinajstić information content (AvgIpc) is 2.98. The standard InChI is InChI=1S/C17H21N5O2/c1-12(23)22-8-7-13-5-3-4-6-15(13)16(22)9-17(24)18-10-14-11-19-20-21(14)2/h3-6,11,16H,7-10H2,1-2H3,(H,18,24). The van der Waals surface area contributed by atoms with Crippen molar-refractivity contribution in [2.24, 2.45) is 7.05 Å². The van der Waals surface area contributed by atoms with Crippen LogP contribution in [0.4, 0.5) is 0 Å². The van der Waals surface area contributed by atoms with Gasteiger partial charge in [0.15, 0.2) is 0 Å². The SMILES string of the molecule is CC(=O)N1CCc2ccccc2C1CC(=O)NCc1cnnn1C. The van der Waals surface area contributed by atoms with Gasteiger partial charge in [0.05, 0.1) is 30.9 Å². The lowest BCUT2D eigenvalue weighted by atomic mass is 9.90. The summed E-state index contributed by atoms with van der Waals surface area (Å²) in [5, 5.41) is 10.5. The van der Waals surface area contributed by atoms with E-state index in [9.17, 15) is 9.59 Å². The molecular weight excluding hydrogens is 306 g/mol. The molecule has 7 nitrogen and oxygen atoms in total. The fourth-order valence-corrected chi connectivity index (χ4v) is 3.16. The van der Waals surface area contributed by atoms with Crippen molar-refractivity contribution in [1.82, 2.24) is 25.2 Å². The zero-order chi connectivity index (χ0) is 17.1. The second-order valence-electron chi connectivity index (χ2n) is 6.01. The molecule has 0 radical (unpaired) electrons. The number of aryl methyl sites for hydroxylation is 1. The van der Waals surface area contributed by atoms with Gasteiger partial charge in [-0.05, 0) is 17.5 Å². The lowest BCUT2D eigenvalue weighted by Gasteiger charge is -2.36. The van der Waals surface area contributed by atoms with E-state index < -0.39 is 0 Å². The molecule has 2 amide bonds. The molecule has 1 aromatic carbocycles. The monoisotopic (exact) mass is 327 g/mol. The smallest absolute Gasteiger partial charge is 0.222 e. The molecule has 1 aliphatic heterocycles. The topological polar surface area (TPSA) is 80.1 Å². The van der Waals surface area contributed by atoms with Gasteiger partial charge in [0.2, 0.25) is 11.8 Å². The minimum Gasteiger partial charge on any atom is -0.350 e. The number of fused-ring (bicyclic) bond motifs is 1. The van der Waals surface area contributed by atoms with Crippen LogP contribution in [0.2, 0.25) is 0 Å². The molecule has 126 valence electrons. The number of amides is 2. The molecule has 2 aromatic rings. The highest BCUT2D eigenvalue weighted by Gasteiger charge is 2.30. The number of carbonyl (C=O) groups is 2. The summed E-state index contributed by atoms with van der Waals surface area (Å²) in [6.07, 6.45) is 2.70. The summed E-state index contributed by atoms with van der Waals surface area (Å²) in [5.74, 6) is -0.0951. The van der Waals surface area contributed by atoms with Crippen molar-refractivity contribution >= 4 is 11.8 Å². The van der Waals surface area contributed by atoms with Crippen LogP contribution in [0.15, 0.2) is 30.5 Å². The first-order valence-corrected chi connectivity index (χ1v) is 8.01. The maximum Gasteiger partial charge on any atom is 0.222 e. The highest BCUT2D eigenvalue weighted by atomic mass is 16.2. The molecule has 1 aliphatic rings. The van der Waals surface area contributed by atoms with Crippen molar-refractivity contribution in [2.75, 3.05) is 6.54 Å². The first kappa shape index (κ1) is 16.2. The van der Waals surface area contributed by atoms with Gasteiger partial charge < -0.3 is 10.2 Å². The van der Waals surface area contributed by atoms with E-state index in [1.807, 2.05) is 18.2 Å². The van der Waals surface area contributed by atoms with Gasteiger partial charge in [0.1, 0.15) is 0 Å². The van der Waals surface area contributed by atoms with Gasteiger partial charge in [-0.15, -0.1) is 5.10 Å². The molecule has 24 heavy (non-hydrogen) atoms. The Morgan fingerprint density at radius 2 is 2.12 bits per heavy atom. The van der Waals surface area contributed by atoms with Crippen molar-refractivity contribution in [1.29, 1.82) is 0 Å². The van der Waals surface area contributed by atoms with E-state index in [2.05, 4.69) is 21.7 Å². The maximum atomic E-state index is 12.4. The number of benzene rings is 1. The van der Waals surface area contributed by atoms with Gasteiger partial charge in [-0.2, -0.15) is 0 Å². The quantitative estimate of drug-likeness (QED) is 0.907. The third-order valence-electron chi connectivity index (χ3n) is 4.47. The van der Waals surface area contributed by atoms with Crippen molar-refractivity contribution < 1.29 is 9.59 Å². The van der Waals surface area contributed by atoms with Crippen LogP contribution in [0.5, 0.6) is 0 Å². The van der Waals surface area contributed by atoms with E-state index in [1.165, 1.54) is 5.56 Å². The number of nitrogens with zero attached hydrogens (tertiary/aromatic N) is 4. The lowest BCUT2D eigenvalue weighted by Crippen LogP contribution is -2.41. The molecule has 1 atom stereocenters. The van der Waals surface area contributed by atoms with Crippen LogP contribution >= 0.6 is 0 Å². The number of hydrogen-bond donors (Lipinski definition) is 1. The molecule has 1 unspecified atom stereocenters. The third-order valence-corrected chi connectivity index (χ3v) is 4.47. The molecule has 7 heteroatoms. The number of carbonyl (C=O) groups excluding carboxylic acids is 2. The summed E-state index contributed by atoms with van der Waals surface area (Å²) < 4.78 is 1.62. The Morgan fingerprint density at radius 1 is 1.33 bits per heavy atom. The van der Waals surface area contributed by atoms with Crippen LogP contribution in [-0.2, 0) is 29.6 Å². The molecule has 1 N–H and O–H groups in total. The van der Waals surface area contributed by atoms with E-state index in [0.29, 0.717) is 13.1 Å². The summed E-state index contributed by atoms with van der Waals surface area (Å²) >= 11 is 0. The summed E-state index contributed by atoms with van der Waals surface area (Å²) in [4.78, 5) is 26.1. The summed E-state index contributed by atoms with van der Waals surface area (Å²) in [5.41, 5.74) is 3.11. The average molecular weight is 327 g/mol. The predicted octanol–water partition coefficient (Wildman–Crippen LogP) is 0.967. The molecule has 0 saturated carbocycles. The van der Waals surface area contributed by atoms with Crippen molar-refractivity contribution in [3.63, 3.8) is 0 Å². The Bertz CT molecular complexity index is 755. The zero-order valence-corrected chi connectivity index (χ0v) is 13.9. The fourth-order valence-electron chi connectivity index (χ4n) is 3.16. The van der Waals surface area contributed by atoms with Crippen LogP contribution in [0.3, 0.4) is 0 Å². The Hall–Kier alpha value is -2.70. The number of hydrogen-bond acceptors (Lipinski definition) is 4. The zero-order valence-electron chi connectivity index (χ0n) is 13.9. The van der Waals surface area contributed by atoms with Gasteiger partial charge in [-0.1, -0.05) is 29.5 Å². The molecule has 0 spiro atoms. The van der Waals surface area contributed by atoms with E-state index in [4.69, 9.17) is 0 Å². The molecule has 0 saturated heterocycles. The Balaban J connectivity index is 1.72. The normalized spacial score (nSPS) is 16.6. The van der Waals surface area contributed by atoms with Crippen LogP contribution in [-0.4, -0.2) is 38.3 Å².